The molecule has 0 radical (unpaired) electrons. The SMILES string of the molecule is CC(CN)CCc1ccnc2ccccc12. The molecule has 1 atom stereocenters. The van der Waals surface area contributed by atoms with Crippen LogP contribution < -0.4 is 5.73 Å². The van der Waals surface area contributed by atoms with Crippen molar-refractivity contribution in [3.63, 3.8) is 0 Å². The van der Waals surface area contributed by atoms with Gasteiger partial charge in [0.2, 0.25) is 0 Å². The third-order valence-corrected chi connectivity index (χ3v) is 3.05. The summed E-state index contributed by atoms with van der Waals surface area (Å²) in [6.07, 6.45) is 4.12. The van der Waals surface area contributed by atoms with E-state index in [1.165, 1.54) is 10.9 Å². The summed E-state index contributed by atoms with van der Waals surface area (Å²) in [6.45, 7) is 2.96. The van der Waals surface area contributed by atoms with E-state index in [9.17, 15) is 0 Å². The van der Waals surface area contributed by atoms with Crippen molar-refractivity contribution in [2.45, 2.75) is 19.8 Å². The number of hydrogen-bond donors (Lipinski definition) is 1. The number of rotatable bonds is 4. The Balaban J connectivity index is 2.23. The van der Waals surface area contributed by atoms with Crippen molar-refractivity contribution in [2.75, 3.05) is 6.54 Å². The molecule has 0 amide bonds. The summed E-state index contributed by atoms with van der Waals surface area (Å²) < 4.78 is 0. The van der Waals surface area contributed by atoms with E-state index in [0.29, 0.717) is 5.92 Å². The molecule has 0 spiro atoms. The first-order valence-electron chi connectivity index (χ1n) is 5.84. The highest BCUT2D eigenvalue weighted by Gasteiger charge is 2.04. The molecule has 2 aromatic rings. The minimum atomic E-state index is 0.590. The standard InChI is InChI=1S/C14H18N2/c1-11(10-15)6-7-12-8-9-16-14-5-3-2-4-13(12)14/h2-5,8-9,11H,6-7,10,15H2,1H3. The van der Waals surface area contributed by atoms with E-state index < -0.39 is 0 Å². The first kappa shape index (κ1) is 11.1. The van der Waals surface area contributed by atoms with Gasteiger partial charge in [0.1, 0.15) is 0 Å². The number of nitrogens with two attached hydrogens (primary N) is 1. The molecule has 0 saturated carbocycles. The van der Waals surface area contributed by atoms with E-state index >= 15 is 0 Å². The first-order valence-corrected chi connectivity index (χ1v) is 5.84. The molecular formula is C14H18N2. The van der Waals surface area contributed by atoms with Crippen molar-refractivity contribution in [1.82, 2.24) is 4.98 Å². The Morgan fingerprint density at radius 1 is 1.25 bits per heavy atom. The minimum Gasteiger partial charge on any atom is -0.330 e. The molecule has 16 heavy (non-hydrogen) atoms. The Hall–Kier alpha value is -1.41. The Bertz CT molecular complexity index is 460. The average Bonchev–Trinajstić information content (AvgIpc) is 2.35. The van der Waals surface area contributed by atoms with Crippen LogP contribution in [0.3, 0.4) is 0 Å². The van der Waals surface area contributed by atoms with E-state index in [0.717, 1.165) is 24.9 Å². The van der Waals surface area contributed by atoms with E-state index in [4.69, 9.17) is 5.73 Å². The zero-order valence-electron chi connectivity index (χ0n) is 9.69. The van der Waals surface area contributed by atoms with Crippen molar-refractivity contribution in [1.29, 1.82) is 0 Å². The van der Waals surface area contributed by atoms with Crippen LogP contribution in [0.25, 0.3) is 10.9 Å². The zero-order chi connectivity index (χ0) is 11.4. The normalized spacial score (nSPS) is 12.9. The summed E-state index contributed by atoms with van der Waals surface area (Å²) in [6, 6.07) is 10.4. The minimum absolute atomic E-state index is 0.590. The molecule has 2 rings (SSSR count). The number of nitrogens with zero attached hydrogens (tertiary/aromatic N) is 1. The summed E-state index contributed by atoms with van der Waals surface area (Å²) >= 11 is 0. The van der Waals surface area contributed by atoms with Crippen molar-refractivity contribution in [2.24, 2.45) is 11.7 Å². The molecule has 1 aromatic heterocycles. The van der Waals surface area contributed by atoms with Crippen molar-refractivity contribution < 1.29 is 0 Å². The topological polar surface area (TPSA) is 38.9 Å². The van der Waals surface area contributed by atoms with E-state index in [1.807, 2.05) is 12.3 Å². The zero-order valence-corrected chi connectivity index (χ0v) is 9.69. The summed E-state index contributed by atoms with van der Waals surface area (Å²) in [7, 11) is 0. The summed E-state index contributed by atoms with van der Waals surface area (Å²) in [5.74, 6) is 0.590. The summed E-state index contributed by atoms with van der Waals surface area (Å²) in [5, 5.41) is 1.27. The van der Waals surface area contributed by atoms with Crippen LogP contribution in [0.5, 0.6) is 0 Å². The van der Waals surface area contributed by atoms with Gasteiger partial charge in [-0.1, -0.05) is 25.1 Å². The van der Waals surface area contributed by atoms with Crippen LogP contribution in [0.15, 0.2) is 36.5 Å². The van der Waals surface area contributed by atoms with Gasteiger partial charge < -0.3 is 5.73 Å². The molecule has 1 heterocycles. The second-order valence-corrected chi connectivity index (χ2v) is 4.37. The Labute approximate surface area is 96.5 Å². The molecule has 2 heteroatoms. The van der Waals surface area contributed by atoms with Gasteiger partial charge in [0, 0.05) is 11.6 Å². The van der Waals surface area contributed by atoms with Gasteiger partial charge in [0.05, 0.1) is 5.52 Å². The molecule has 2 N–H and O–H groups in total. The van der Waals surface area contributed by atoms with Crippen molar-refractivity contribution in [3.8, 4) is 0 Å². The lowest BCUT2D eigenvalue weighted by atomic mass is 9.99. The highest BCUT2D eigenvalue weighted by Crippen LogP contribution is 2.18. The fourth-order valence-corrected chi connectivity index (χ4v) is 1.89. The lowest BCUT2D eigenvalue weighted by Crippen LogP contribution is -2.11. The molecule has 1 aromatic carbocycles. The molecule has 2 nitrogen and oxygen atoms in total. The number of aromatic nitrogens is 1. The van der Waals surface area contributed by atoms with Gasteiger partial charge >= 0.3 is 0 Å². The average molecular weight is 214 g/mol. The van der Waals surface area contributed by atoms with Crippen LogP contribution >= 0.6 is 0 Å². The number of fused-ring (bicyclic) bond motifs is 1. The Morgan fingerprint density at radius 3 is 2.88 bits per heavy atom. The Morgan fingerprint density at radius 2 is 2.06 bits per heavy atom. The van der Waals surface area contributed by atoms with Crippen LogP contribution in [0, 0.1) is 5.92 Å². The van der Waals surface area contributed by atoms with Gasteiger partial charge in [0.15, 0.2) is 0 Å². The maximum Gasteiger partial charge on any atom is 0.0704 e. The van der Waals surface area contributed by atoms with Gasteiger partial charge in [-0.25, -0.2) is 0 Å². The molecule has 0 aliphatic carbocycles. The third kappa shape index (κ3) is 2.39. The summed E-state index contributed by atoms with van der Waals surface area (Å²) in [5.41, 5.74) is 8.10. The van der Waals surface area contributed by atoms with Crippen molar-refractivity contribution >= 4 is 10.9 Å². The van der Waals surface area contributed by atoms with Crippen LogP contribution in [-0.4, -0.2) is 11.5 Å². The molecular weight excluding hydrogens is 196 g/mol. The second-order valence-electron chi connectivity index (χ2n) is 4.37. The van der Waals surface area contributed by atoms with Crippen molar-refractivity contribution in [3.05, 3.63) is 42.1 Å². The van der Waals surface area contributed by atoms with Crippen LogP contribution in [0.2, 0.25) is 0 Å². The first-order chi connectivity index (χ1) is 7.81. The molecule has 1 unspecified atom stereocenters. The number of benzene rings is 1. The van der Waals surface area contributed by atoms with Gasteiger partial charge in [0.25, 0.3) is 0 Å². The highest BCUT2D eigenvalue weighted by atomic mass is 14.6. The summed E-state index contributed by atoms with van der Waals surface area (Å²) in [4.78, 5) is 4.36. The molecule has 84 valence electrons. The maximum atomic E-state index is 5.64. The smallest absolute Gasteiger partial charge is 0.0704 e. The van der Waals surface area contributed by atoms with Gasteiger partial charge in [-0.05, 0) is 43.0 Å². The largest absolute Gasteiger partial charge is 0.330 e. The third-order valence-electron chi connectivity index (χ3n) is 3.05. The molecule has 0 saturated heterocycles. The number of aryl methyl sites for hydroxylation is 1. The van der Waals surface area contributed by atoms with E-state index in [2.05, 4.69) is 36.2 Å². The second kappa shape index (κ2) is 5.08. The predicted molar refractivity (Wildman–Crippen MR) is 68.3 cm³/mol. The molecule has 0 aliphatic rings. The van der Waals surface area contributed by atoms with Gasteiger partial charge in [-0.3, -0.25) is 4.98 Å². The molecule has 0 bridgehead atoms. The van der Waals surface area contributed by atoms with Crippen LogP contribution in [0.4, 0.5) is 0 Å². The predicted octanol–water partition coefficient (Wildman–Crippen LogP) is 2.76. The maximum absolute atomic E-state index is 5.64. The number of pyridine rings is 1. The highest BCUT2D eigenvalue weighted by molar-refractivity contribution is 5.81. The van der Waals surface area contributed by atoms with Gasteiger partial charge in [-0.2, -0.15) is 0 Å². The quantitative estimate of drug-likeness (QED) is 0.850. The molecule has 0 fully saturated rings. The monoisotopic (exact) mass is 214 g/mol. The molecule has 0 aliphatic heterocycles. The fourth-order valence-electron chi connectivity index (χ4n) is 1.89. The number of para-hydroxylation sites is 1. The van der Waals surface area contributed by atoms with E-state index in [1.54, 1.807) is 0 Å². The van der Waals surface area contributed by atoms with Gasteiger partial charge in [-0.15, -0.1) is 0 Å². The Kier molecular flexibility index (Phi) is 3.52. The lowest BCUT2D eigenvalue weighted by Gasteiger charge is -2.09. The van der Waals surface area contributed by atoms with E-state index in [-0.39, 0.29) is 0 Å². The lowest BCUT2D eigenvalue weighted by molar-refractivity contribution is 0.545. The van der Waals surface area contributed by atoms with Crippen LogP contribution in [0.1, 0.15) is 18.9 Å². The fraction of sp³-hybridized carbons (Fsp3) is 0.357. The number of hydrogen-bond acceptors (Lipinski definition) is 2. The van der Waals surface area contributed by atoms with Crippen LogP contribution in [-0.2, 0) is 6.42 Å².